The summed E-state index contributed by atoms with van der Waals surface area (Å²) in [5.41, 5.74) is 6.52. The van der Waals surface area contributed by atoms with Gasteiger partial charge in [0.1, 0.15) is 5.75 Å². The topological polar surface area (TPSA) is 103 Å². The van der Waals surface area contributed by atoms with Crippen molar-refractivity contribution in [2.24, 2.45) is 10.1 Å². The molecule has 1 aliphatic heterocycles. The summed E-state index contributed by atoms with van der Waals surface area (Å²) in [4.78, 5) is 0. The maximum atomic E-state index is 11.4. The summed E-state index contributed by atoms with van der Waals surface area (Å²) in [7, 11) is -2.14. The molecule has 0 aliphatic carbocycles. The van der Waals surface area contributed by atoms with E-state index >= 15 is 0 Å². The van der Waals surface area contributed by atoms with Crippen LogP contribution in [-0.2, 0) is 14.9 Å². The molecule has 3 N–H and O–H groups in total. The second-order valence-electron chi connectivity index (χ2n) is 3.93. The van der Waals surface area contributed by atoms with Gasteiger partial charge in [0.05, 0.1) is 17.9 Å². The lowest BCUT2D eigenvalue weighted by Crippen LogP contribution is -2.27. The zero-order valence-corrected chi connectivity index (χ0v) is 11.2. The van der Waals surface area contributed by atoms with E-state index in [2.05, 4.69) is 9.12 Å². The van der Waals surface area contributed by atoms with E-state index in [4.69, 9.17) is 15.2 Å². The van der Waals surface area contributed by atoms with Gasteiger partial charge < -0.3 is 15.2 Å². The summed E-state index contributed by atoms with van der Waals surface area (Å²) in [6.45, 7) is 1.04. The average Bonchev–Trinajstić information content (AvgIpc) is 2.32. The van der Waals surface area contributed by atoms with Gasteiger partial charge in [-0.3, -0.25) is 4.72 Å². The van der Waals surface area contributed by atoms with Crippen LogP contribution in [0.2, 0.25) is 0 Å². The maximum Gasteiger partial charge on any atom is 0.344 e. The standard InChI is InChI=1S/C11H15N3O4S/c1-17-6-3-7-18-9-5-2-4-8-10(9)11(12)14-19(15,16)13-8/h2,4-5,13H,3,6-7H2,1H3,(H2,12,14). The molecule has 0 spiro atoms. The molecular weight excluding hydrogens is 270 g/mol. The summed E-state index contributed by atoms with van der Waals surface area (Å²) < 4.78 is 39.0. The number of ether oxygens (including phenoxy) is 2. The molecule has 19 heavy (non-hydrogen) atoms. The Hall–Kier alpha value is -1.80. The minimum absolute atomic E-state index is 0.0731. The molecule has 1 aromatic carbocycles. The van der Waals surface area contributed by atoms with E-state index in [-0.39, 0.29) is 5.84 Å². The number of anilines is 1. The Bertz CT molecular complexity index is 598. The van der Waals surface area contributed by atoms with Gasteiger partial charge in [0, 0.05) is 20.1 Å². The first-order valence-corrected chi connectivity index (χ1v) is 7.11. The normalized spacial score (nSPS) is 16.2. The number of nitrogens with one attached hydrogen (secondary N) is 1. The highest BCUT2D eigenvalue weighted by Crippen LogP contribution is 2.30. The molecule has 2 rings (SSSR count). The number of rotatable bonds is 5. The number of nitrogens with two attached hydrogens (primary N) is 1. The van der Waals surface area contributed by atoms with Gasteiger partial charge in [-0.15, -0.1) is 4.40 Å². The summed E-state index contributed by atoms with van der Waals surface area (Å²) in [6.07, 6.45) is 0.725. The maximum absolute atomic E-state index is 11.4. The summed E-state index contributed by atoms with van der Waals surface area (Å²) in [6, 6.07) is 5.01. The lowest BCUT2D eigenvalue weighted by atomic mass is 10.1. The van der Waals surface area contributed by atoms with Gasteiger partial charge in [-0.25, -0.2) is 0 Å². The third-order valence-electron chi connectivity index (χ3n) is 2.49. The van der Waals surface area contributed by atoms with Crippen molar-refractivity contribution in [3.05, 3.63) is 23.8 Å². The number of nitrogens with zero attached hydrogens (tertiary/aromatic N) is 1. The fraction of sp³-hybridized carbons (Fsp3) is 0.364. The highest BCUT2D eigenvalue weighted by atomic mass is 32.2. The van der Waals surface area contributed by atoms with Crippen molar-refractivity contribution in [1.82, 2.24) is 0 Å². The van der Waals surface area contributed by atoms with Crippen molar-refractivity contribution in [2.45, 2.75) is 6.42 Å². The Morgan fingerprint density at radius 3 is 2.89 bits per heavy atom. The van der Waals surface area contributed by atoms with Crippen molar-refractivity contribution in [1.29, 1.82) is 0 Å². The molecule has 7 nitrogen and oxygen atoms in total. The summed E-state index contributed by atoms with van der Waals surface area (Å²) >= 11 is 0. The third-order valence-corrected chi connectivity index (χ3v) is 3.41. The molecule has 0 fully saturated rings. The molecule has 0 saturated carbocycles. The Balaban J connectivity index is 2.24. The van der Waals surface area contributed by atoms with E-state index in [1.807, 2.05) is 0 Å². The van der Waals surface area contributed by atoms with Gasteiger partial charge in [-0.1, -0.05) is 6.07 Å². The Morgan fingerprint density at radius 1 is 1.37 bits per heavy atom. The molecule has 0 bridgehead atoms. The lowest BCUT2D eigenvalue weighted by Gasteiger charge is -2.18. The molecule has 1 aliphatic rings. The smallest absolute Gasteiger partial charge is 0.344 e. The molecule has 0 atom stereocenters. The van der Waals surface area contributed by atoms with Crippen LogP contribution in [0.3, 0.4) is 0 Å². The van der Waals surface area contributed by atoms with Crippen LogP contribution >= 0.6 is 0 Å². The van der Waals surface area contributed by atoms with Crippen LogP contribution < -0.4 is 15.2 Å². The Labute approximate surface area is 111 Å². The molecule has 8 heteroatoms. The van der Waals surface area contributed by atoms with Crippen molar-refractivity contribution >= 4 is 21.7 Å². The van der Waals surface area contributed by atoms with E-state index in [9.17, 15) is 8.42 Å². The first-order valence-electron chi connectivity index (χ1n) is 5.67. The van der Waals surface area contributed by atoms with Gasteiger partial charge in [-0.05, 0) is 12.1 Å². The van der Waals surface area contributed by atoms with E-state index in [0.717, 1.165) is 6.42 Å². The fourth-order valence-electron chi connectivity index (χ4n) is 1.72. The zero-order chi connectivity index (χ0) is 13.9. The average molecular weight is 285 g/mol. The van der Waals surface area contributed by atoms with Gasteiger partial charge in [0.25, 0.3) is 0 Å². The van der Waals surface area contributed by atoms with Crippen LogP contribution in [0.5, 0.6) is 5.75 Å². The van der Waals surface area contributed by atoms with Crippen LogP contribution in [0.4, 0.5) is 5.69 Å². The summed E-state index contributed by atoms with van der Waals surface area (Å²) in [5.74, 6) is 0.424. The van der Waals surface area contributed by atoms with Gasteiger partial charge in [0.15, 0.2) is 5.84 Å². The second-order valence-corrected chi connectivity index (χ2v) is 5.26. The highest BCUT2D eigenvalue weighted by Gasteiger charge is 2.24. The number of fused-ring (bicyclic) bond motifs is 1. The quantitative estimate of drug-likeness (QED) is 0.766. The molecule has 0 unspecified atom stereocenters. The molecule has 104 valence electrons. The van der Waals surface area contributed by atoms with Crippen LogP contribution in [-0.4, -0.2) is 34.6 Å². The molecule has 0 aromatic heterocycles. The number of methoxy groups -OCH3 is 1. The highest BCUT2D eigenvalue weighted by molar-refractivity contribution is 7.91. The van der Waals surface area contributed by atoms with Crippen molar-refractivity contribution in [2.75, 3.05) is 25.0 Å². The monoisotopic (exact) mass is 285 g/mol. The van der Waals surface area contributed by atoms with Crippen LogP contribution in [0.1, 0.15) is 12.0 Å². The van der Waals surface area contributed by atoms with Crippen molar-refractivity contribution in [3.63, 3.8) is 0 Å². The SMILES string of the molecule is COCCCOc1cccc2c1C(N)=NS(=O)(=O)N2. The number of hydrogen-bond donors (Lipinski definition) is 2. The predicted octanol–water partition coefficient (Wildman–Crippen LogP) is 0.478. The molecule has 0 saturated heterocycles. The number of hydrogen-bond acceptors (Lipinski definition) is 5. The molecule has 1 aromatic rings. The molecule has 1 heterocycles. The summed E-state index contributed by atoms with van der Waals surface area (Å²) in [5, 5.41) is 0. The van der Waals surface area contributed by atoms with Crippen molar-refractivity contribution < 1.29 is 17.9 Å². The van der Waals surface area contributed by atoms with E-state index in [0.29, 0.717) is 30.2 Å². The first kappa shape index (κ1) is 13.6. The second kappa shape index (κ2) is 5.45. The van der Waals surface area contributed by atoms with Crippen LogP contribution in [0, 0.1) is 0 Å². The largest absolute Gasteiger partial charge is 0.493 e. The van der Waals surface area contributed by atoms with E-state index in [1.165, 1.54) is 0 Å². The van der Waals surface area contributed by atoms with Crippen LogP contribution in [0.25, 0.3) is 0 Å². The first-order chi connectivity index (χ1) is 9.03. The zero-order valence-electron chi connectivity index (χ0n) is 10.4. The van der Waals surface area contributed by atoms with E-state index in [1.54, 1.807) is 25.3 Å². The van der Waals surface area contributed by atoms with E-state index < -0.39 is 10.2 Å². The van der Waals surface area contributed by atoms with Gasteiger partial charge >= 0.3 is 10.2 Å². The van der Waals surface area contributed by atoms with Crippen LogP contribution in [0.15, 0.2) is 22.6 Å². The fourth-order valence-corrected chi connectivity index (χ4v) is 2.57. The minimum Gasteiger partial charge on any atom is -0.493 e. The molecule has 0 radical (unpaired) electrons. The third kappa shape index (κ3) is 3.15. The molecular formula is C11H15N3O4S. The van der Waals surface area contributed by atoms with Gasteiger partial charge in [0.2, 0.25) is 0 Å². The Kier molecular flexibility index (Phi) is 3.91. The number of benzene rings is 1. The molecule has 0 amide bonds. The lowest BCUT2D eigenvalue weighted by molar-refractivity contribution is 0.172. The van der Waals surface area contributed by atoms with Crippen molar-refractivity contribution in [3.8, 4) is 5.75 Å². The minimum atomic E-state index is -3.75. The predicted molar refractivity (Wildman–Crippen MR) is 71.7 cm³/mol. The number of amidine groups is 1. The van der Waals surface area contributed by atoms with Gasteiger partial charge in [-0.2, -0.15) is 8.42 Å². The Morgan fingerprint density at radius 2 is 2.16 bits per heavy atom.